The first-order valence-corrected chi connectivity index (χ1v) is 8.25. The van der Waals surface area contributed by atoms with E-state index >= 15 is 0 Å². The first kappa shape index (κ1) is 14.0. The van der Waals surface area contributed by atoms with Crippen LogP contribution in [0.5, 0.6) is 0 Å². The van der Waals surface area contributed by atoms with E-state index in [2.05, 4.69) is 0 Å². The van der Waals surface area contributed by atoms with Crippen LogP contribution in [0.15, 0.2) is 0 Å². The van der Waals surface area contributed by atoms with Gasteiger partial charge in [-0.25, -0.2) is 8.42 Å². The minimum absolute atomic E-state index is 0.161. The zero-order chi connectivity index (χ0) is 12.0. The van der Waals surface area contributed by atoms with Gasteiger partial charge in [0.1, 0.15) is 0 Å². The van der Waals surface area contributed by atoms with Crippen LogP contribution in [0.3, 0.4) is 0 Å². The molecule has 0 amide bonds. The Labute approximate surface area is 99.7 Å². The van der Waals surface area contributed by atoms with E-state index < -0.39 is 9.84 Å². The fourth-order valence-electron chi connectivity index (χ4n) is 2.59. The van der Waals surface area contributed by atoms with Crippen molar-refractivity contribution in [2.24, 2.45) is 11.7 Å². The maximum atomic E-state index is 12.2. The van der Waals surface area contributed by atoms with E-state index in [1.807, 2.05) is 6.92 Å². The van der Waals surface area contributed by atoms with Gasteiger partial charge in [-0.1, -0.05) is 32.6 Å². The zero-order valence-corrected chi connectivity index (χ0v) is 11.1. The summed E-state index contributed by atoms with van der Waals surface area (Å²) in [5, 5.41) is -0.161. The van der Waals surface area contributed by atoms with Gasteiger partial charge >= 0.3 is 0 Å². The van der Waals surface area contributed by atoms with E-state index in [0.717, 1.165) is 44.9 Å². The highest BCUT2D eigenvalue weighted by atomic mass is 32.2. The minimum atomic E-state index is -2.91. The van der Waals surface area contributed by atoms with Crippen molar-refractivity contribution in [2.75, 3.05) is 12.3 Å². The van der Waals surface area contributed by atoms with Crippen LogP contribution in [0.4, 0.5) is 0 Å². The molecular weight excluding hydrogens is 222 g/mol. The molecule has 3 nitrogen and oxygen atoms in total. The Morgan fingerprint density at radius 1 is 1.19 bits per heavy atom. The van der Waals surface area contributed by atoms with Gasteiger partial charge in [-0.15, -0.1) is 0 Å². The molecular formula is C12H25NO2S. The van der Waals surface area contributed by atoms with E-state index in [-0.39, 0.29) is 11.2 Å². The van der Waals surface area contributed by atoms with Gasteiger partial charge in [0, 0.05) is 0 Å². The maximum absolute atomic E-state index is 12.2. The van der Waals surface area contributed by atoms with Gasteiger partial charge in [0.25, 0.3) is 0 Å². The van der Waals surface area contributed by atoms with Crippen LogP contribution >= 0.6 is 0 Å². The largest absolute Gasteiger partial charge is 0.330 e. The molecule has 1 saturated carbocycles. The molecule has 0 heterocycles. The zero-order valence-electron chi connectivity index (χ0n) is 10.3. The van der Waals surface area contributed by atoms with Crippen LogP contribution in [0.1, 0.15) is 51.9 Å². The summed E-state index contributed by atoms with van der Waals surface area (Å²) in [4.78, 5) is 0. The van der Waals surface area contributed by atoms with Crippen LogP contribution in [0, 0.1) is 5.92 Å². The van der Waals surface area contributed by atoms with Gasteiger partial charge in [-0.2, -0.15) is 0 Å². The molecule has 1 aliphatic carbocycles. The second-order valence-electron chi connectivity index (χ2n) is 4.89. The minimum Gasteiger partial charge on any atom is -0.330 e. The predicted octanol–water partition coefficient (Wildman–Crippen LogP) is 2.11. The Bertz CT molecular complexity index is 287. The van der Waals surface area contributed by atoms with Crippen molar-refractivity contribution in [2.45, 2.75) is 57.1 Å². The molecule has 96 valence electrons. The summed E-state index contributed by atoms with van der Waals surface area (Å²) in [5.74, 6) is 0.550. The molecule has 1 fully saturated rings. The van der Waals surface area contributed by atoms with Crippen molar-refractivity contribution in [1.29, 1.82) is 0 Å². The molecule has 0 aromatic heterocycles. The van der Waals surface area contributed by atoms with Gasteiger partial charge in [-0.3, -0.25) is 0 Å². The normalized spacial score (nSPS) is 27.6. The predicted molar refractivity (Wildman–Crippen MR) is 68.1 cm³/mol. The van der Waals surface area contributed by atoms with Crippen molar-refractivity contribution in [1.82, 2.24) is 0 Å². The maximum Gasteiger partial charge on any atom is 0.153 e. The van der Waals surface area contributed by atoms with Crippen molar-refractivity contribution in [3.8, 4) is 0 Å². The Morgan fingerprint density at radius 2 is 1.88 bits per heavy atom. The molecule has 0 bridgehead atoms. The Kier molecular flexibility index (Phi) is 5.76. The molecule has 4 heteroatoms. The highest BCUT2D eigenvalue weighted by molar-refractivity contribution is 7.92. The number of nitrogens with two attached hydrogens (primary N) is 1. The molecule has 2 N–H and O–H groups in total. The summed E-state index contributed by atoms with van der Waals surface area (Å²) >= 11 is 0. The highest BCUT2D eigenvalue weighted by Gasteiger charge is 2.32. The van der Waals surface area contributed by atoms with Crippen molar-refractivity contribution in [3.63, 3.8) is 0 Å². The number of sulfone groups is 1. The van der Waals surface area contributed by atoms with Crippen LogP contribution < -0.4 is 5.73 Å². The highest BCUT2D eigenvalue weighted by Crippen LogP contribution is 2.28. The fraction of sp³-hybridized carbons (Fsp3) is 1.00. The van der Waals surface area contributed by atoms with Crippen molar-refractivity contribution < 1.29 is 8.42 Å². The van der Waals surface area contributed by atoms with E-state index in [1.165, 1.54) is 0 Å². The van der Waals surface area contributed by atoms with E-state index in [9.17, 15) is 8.42 Å². The third-order valence-corrected chi connectivity index (χ3v) is 6.04. The standard InChI is InChI=1S/C12H25NO2S/c1-2-3-9-16(14,15)12-8-6-4-5-7-11(12)10-13/h11-12H,2-10,13H2,1H3. The van der Waals surface area contributed by atoms with Gasteiger partial charge < -0.3 is 5.73 Å². The first-order chi connectivity index (χ1) is 7.61. The molecule has 0 aliphatic heterocycles. The summed E-state index contributed by atoms with van der Waals surface area (Å²) in [6, 6.07) is 0. The molecule has 2 atom stereocenters. The van der Waals surface area contributed by atoms with Gasteiger partial charge in [-0.05, 0) is 31.7 Å². The smallest absolute Gasteiger partial charge is 0.153 e. The third kappa shape index (κ3) is 3.74. The summed E-state index contributed by atoms with van der Waals surface area (Å²) < 4.78 is 24.4. The summed E-state index contributed by atoms with van der Waals surface area (Å²) in [6.07, 6.45) is 6.90. The van der Waals surface area contributed by atoms with Crippen LogP contribution in [-0.2, 0) is 9.84 Å². The first-order valence-electron chi connectivity index (χ1n) is 6.53. The number of rotatable bonds is 5. The molecule has 16 heavy (non-hydrogen) atoms. The lowest BCUT2D eigenvalue weighted by molar-refractivity contribution is 0.456. The summed E-state index contributed by atoms with van der Waals surface area (Å²) in [7, 11) is -2.91. The van der Waals surface area contributed by atoms with Crippen molar-refractivity contribution >= 4 is 9.84 Å². The quantitative estimate of drug-likeness (QED) is 0.757. The lowest BCUT2D eigenvalue weighted by atomic mass is 10.0. The van der Waals surface area contributed by atoms with Gasteiger partial charge in [0.15, 0.2) is 9.84 Å². The molecule has 1 rings (SSSR count). The Morgan fingerprint density at radius 3 is 2.50 bits per heavy atom. The average molecular weight is 247 g/mol. The summed E-state index contributed by atoms with van der Waals surface area (Å²) in [6.45, 7) is 2.55. The third-order valence-electron chi connectivity index (χ3n) is 3.64. The molecule has 0 radical (unpaired) electrons. The molecule has 0 aromatic carbocycles. The fourth-order valence-corrected chi connectivity index (χ4v) is 4.94. The SMILES string of the molecule is CCCCS(=O)(=O)C1CCCCCC1CN. The molecule has 0 aromatic rings. The molecule has 1 aliphatic rings. The van der Waals surface area contributed by atoms with Crippen LogP contribution in [0.2, 0.25) is 0 Å². The molecule has 2 unspecified atom stereocenters. The lowest BCUT2D eigenvalue weighted by Gasteiger charge is -2.23. The Hall–Kier alpha value is -0.0900. The van der Waals surface area contributed by atoms with E-state index in [1.54, 1.807) is 0 Å². The summed E-state index contributed by atoms with van der Waals surface area (Å²) in [5.41, 5.74) is 5.72. The second kappa shape index (κ2) is 6.60. The van der Waals surface area contributed by atoms with Crippen LogP contribution in [-0.4, -0.2) is 26.0 Å². The monoisotopic (exact) mass is 247 g/mol. The Balaban J connectivity index is 2.72. The molecule has 0 saturated heterocycles. The molecule has 0 spiro atoms. The second-order valence-corrected chi connectivity index (χ2v) is 7.23. The number of hydrogen-bond donors (Lipinski definition) is 1. The number of hydrogen-bond acceptors (Lipinski definition) is 3. The number of unbranched alkanes of at least 4 members (excludes halogenated alkanes) is 1. The van der Waals surface area contributed by atoms with Crippen molar-refractivity contribution in [3.05, 3.63) is 0 Å². The topological polar surface area (TPSA) is 60.2 Å². The van der Waals surface area contributed by atoms with Gasteiger partial charge in [0.05, 0.1) is 11.0 Å². The van der Waals surface area contributed by atoms with E-state index in [0.29, 0.717) is 12.3 Å². The van der Waals surface area contributed by atoms with E-state index in [4.69, 9.17) is 5.73 Å². The van der Waals surface area contributed by atoms with Crippen LogP contribution in [0.25, 0.3) is 0 Å². The average Bonchev–Trinajstić information content (AvgIpc) is 2.51. The van der Waals surface area contributed by atoms with Gasteiger partial charge in [0.2, 0.25) is 0 Å². The lowest BCUT2D eigenvalue weighted by Crippen LogP contribution is -2.35.